The fraction of sp³-hybridized carbons (Fsp3) is 0.583. The number of hydrogen-bond acceptors (Lipinski definition) is 5. The van der Waals surface area contributed by atoms with Gasteiger partial charge in [-0.05, 0) is 32.9 Å². The van der Waals surface area contributed by atoms with Crippen LogP contribution in [-0.2, 0) is 0 Å². The summed E-state index contributed by atoms with van der Waals surface area (Å²) in [6, 6.07) is -0.361. The highest BCUT2D eigenvalue weighted by Crippen LogP contribution is 2.17. The van der Waals surface area contributed by atoms with Gasteiger partial charge < -0.3 is 21.1 Å². The largest absolute Gasteiger partial charge is 0.476 e. The molecule has 7 nitrogen and oxygen atoms in total. The van der Waals surface area contributed by atoms with Crippen molar-refractivity contribution in [1.29, 1.82) is 0 Å². The SMILES string of the molecule is CC(NC(=O)NC1CCNCC1)c1nc(C(=O)O)cs1. The normalized spacial score (nSPS) is 17.4. The fourth-order valence-corrected chi connectivity index (χ4v) is 2.84. The smallest absolute Gasteiger partial charge is 0.355 e. The molecule has 1 aromatic rings. The number of hydrogen-bond donors (Lipinski definition) is 4. The molecule has 2 rings (SSSR count). The van der Waals surface area contributed by atoms with Crippen LogP contribution >= 0.6 is 11.3 Å². The Hall–Kier alpha value is -1.67. The van der Waals surface area contributed by atoms with E-state index in [9.17, 15) is 9.59 Å². The molecule has 1 aliphatic heterocycles. The number of nitrogens with one attached hydrogen (secondary N) is 3. The molecule has 20 heavy (non-hydrogen) atoms. The number of carbonyl (C=O) groups is 2. The zero-order chi connectivity index (χ0) is 14.5. The molecule has 1 atom stereocenters. The predicted molar refractivity (Wildman–Crippen MR) is 75.0 cm³/mol. The average Bonchev–Trinajstić information content (AvgIpc) is 2.89. The number of nitrogens with zero attached hydrogens (tertiary/aromatic N) is 1. The Morgan fingerprint density at radius 3 is 2.80 bits per heavy atom. The van der Waals surface area contributed by atoms with E-state index in [0.717, 1.165) is 25.9 Å². The van der Waals surface area contributed by atoms with E-state index in [2.05, 4.69) is 20.9 Å². The molecular weight excluding hydrogens is 280 g/mol. The van der Waals surface area contributed by atoms with Crippen LogP contribution in [0.3, 0.4) is 0 Å². The maximum Gasteiger partial charge on any atom is 0.355 e. The topological polar surface area (TPSA) is 103 Å². The molecule has 1 saturated heterocycles. The van der Waals surface area contributed by atoms with Crippen molar-refractivity contribution in [3.8, 4) is 0 Å². The molecule has 1 fully saturated rings. The number of carboxylic acid groups (broad SMARTS) is 1. The van der Waals surface area contributed by atoms with E-state index in [1.165, 1.54) is 16.7 Å². The number of aromatic carboxylic acids is 1. The highest BCUT2D eigenvalue weighted by Gasteiger charge is 2.19. The second-order valence-electron chi connectivity index (χ2n) is 4.74. The quantitative estimate of drug-likeness (QED) is 0.663. The van der Waals surface area contributed by atoms with E-state index in [-0.39, 0.29) is 23.8 Å². The molecule has 1 aromatic heterocycles. The van der Waals surface area contributed by atoms with Crippen molar-refractivity contribution in [1.82, 2.24) is 20.9 Å². The van der Waals surface area contributed by atoms with Crippen LogP contribution in [0.15, 0.2) is 5.38 Å². The average molecular weight is 298 g/mol. The van der Waals surface area contributed by atoms with Crippen LogP contribution in [0.2, 0.25) is 0 Å². The van der Waals surface area contributed by atoms with Gasteiger partial charge in [0.1, 0.15) is 5.01 Å². The Bertz CT molecular complexity index is 485. The Kier molecular flexibility index (Phi) is 4.91. The Labute approximate surface area is 120 Å². The molecule has 0 saturated carbocycles. The van der Waals surface area contributed by atoms with Gasteiger partial charge in [-0.15, -0.1) is 11.3 Å². The van der Waals surface area contributed by atoms with E-state index >= 15 is 0 Å². The third-order valence-corrected chi connectivity index (χ3v) is 4.16. The van der Waals surface area contributed by atoms with Gasteiger partial charge in [0.25, 0.3) is 0 Å². The molecule has 2 heterocycles. The van der Waals surface area contributed by atoms with E-state index in [0.29, 0.717) is 5.01 Å². The molecule has 0 aliphatic carbocycles. The standard InChI is InChI=1S/C12H18N4O3S/c1-7(10-16-9(6-20-10)11(17)18)14-12(19)15-8-2-4-13-5-3-8/h6-8,13H,2-5H2,1H3,(H,17,18)(H2,14,15,19). The lowest BCUT2D eigenvalue weighted by Crippen LogP contribution is -2.47. The minimum atomic E-state index is -1.06. The maximum absolute atomic E-state index is 11.9. The summed E-state index contributed by atoms with van der Waals surface area (Å²) >= 11 is 1.23. The van der Waals surface area contributed by atoms with Crippen LogP contribution in [0.4, 0.5) is 4.79 Å². The molecular formula is C12H18N4O3S. The molecule has 4 N–H and O–H groups in total. The highest BCUT2D eigenvalue weighted by molar-refractivity contribution is 7.09. The number of aromatic nitrogens is 1. The summed E-state index contributed by atoms with van der Waals surface area (Å²) in [6.07, 6.45) is 1.84. The fourth-order valence-electron chi connectivity index (χ4n) is 2.04. The van der Waals surface area contributed by atoms with Crippen molar-refractivity contribution in [2.24, 2.45) is 0 Å². The van der Waals surface area contributed by atoms with Crippen LogP contribution in [0.5, 0.6) is 0 Å². The summed E-state index contributed by atoms with van der Waals surface area (Å²) in [7, 11) is 0. The first kappa shape index (κ1) is 14.7. The van der Waals surface area contributed by atoms with Gasteiger partial charge in [0.2, 0.25) is 0 Å². The van der Waals surface area contributed by atoms with E-state index in [1.54, 1.807) is 6.92 Å². The zero-order valence-electron chi connectivity index (χ0n) is 11.2. The number of carbonyl (C=O) groups excluding carboxylic acids is 1. The number of amides is 2. The second-order valence-corrected chi connectivity index (χ2v) is 5.63. The lowest BCUT2D eigenvalue weighted by molar-refractivity contribution is 0.0691. The molecule has 2 amide bonds. The monoisotopic (exact) mass is 298 g/mol. The predicted octanol–water partition coefficient (Wildman–Crippen LogP) is 0.954. The Balaban J connectivity index is 1.84. The van der Waals surface area contributed by atoms with Gasteiger partial charge in [-0.3, -0.25) is 0 Å². The minimum absolute atomic E-state index is 0.0115. The molecule has 0 spiro atoms. The van der Waals surface area contributed by atoms with Gasteiger partial charge in [-0.2, -0.15) is 0 Å². The van der Waals surface area contributed by atoms with E-state index < -0.39 is 5.97 Å². The van der Waals surface area contributed by atoms with Crippen LogP contribution in [0.25, 0.3) is 0 Å². The van der Waals surface area contributed by atoms with Crippen molar-refractivity contribution < 1.29 is 14.7 Å². The third-order valence-electron chi connectivity index (χ3n) is 3.13. The lowest BCUT2D eigenvalue weighted by atomic mass is 10.1. The number of carboxylic acids is 1. The van der Waals surface area contributed by atoms with Crippen molar-refractivity contribution in [2.75, 3.05) is 13.1 Å². The van der Waals surface area contributed by atoms with Gasteiger partial charge in [0, 0.05) is 11.4 Å². The summed E-state index contributed by atoms with van der Waals surface area (Å²) in [6.45, 7) is 3.61. The molecule has 0 bridgehead atoms. The Morgan fingerprint density at radius 2 is 2.20 bits per heavy atom. The third kappa shape index (κ3) is 3.91. The summed E-state index contributed by atoms with van der Waals surface area (Å²) in [5.41, 5.74) is 0.0115. The molecule has 8 heteroatoms. The maximum atomic E-state index is 11.9. The van der Waals surface area contributed by atoms with E-state index in [1.807, 2.05) is 0 Å². The first-order chi connectivity index (χ1) is 9.56. The van der Waals surface area contributed by atoms with Crippen LogP contribution in [0, 0.1) is 0 Å². The number of thiazole rings is 1. The molecule has 1 unspecified atom stereocenters. The second kappa shape index (κ2) is 6.67. The zero-order valence-corrected chi connectivity index (χ0v) is 12.0. The van der Waals surface area contributed by atoms with Crippen molar-refractivity contribution in [3.05, 3.63) is 16.1 Å². The number of urea groups is 1. The van der Waals surface area contributed by atoms with Crippen LogP contribution < -0.4 is 16.0 Å². The van der Waals surface area contributed by atoms with Crippen LogP contribution in [-0.4, -0.2) is 41.2 Å². The molecule has 0 radical (unpaired) electrons. The number of piperidine rings is 1. The van der Waals surface area contributed by atoms with Crippen LogP contribution in [0.1, 0.15) is 41.3 Å². The molecule has 110 valence electrons. The van der Waals surface area contributed by atoms with Gasteiger partial charge in [0.15, 0.2) is 5.69 Å². The van der Waals surface area contributed by atoms with Crippen molar-refractivity contribution in [2.45, 2.75) is 31.8 Å². The van der Waals surface area contributed by atoms with Crippen molar-refractivity contribution in [3.63, 3.8) is 0 Å². The van der Waals surface area contributed by atoms with Gasteiger partial charge >= 0.3 is 12.0 Å². The van der Waals surface area contributed by atoms with E-state index in [4.69, 9.17) is 5.11 Å². The molecule has 0 aromatic carbocycles. The summed E-state index contributed by atoms with van der Waals surface area (Å²) < 4.78 is 0. The number of rotatable bonds is 4. The van der Waals surface area contributed by atoms with Gasteiger partial charge in [-0.1, -0.05) is 0 Å². The molecule has 1 aliphatic rings. The minimum Gasteiger partial charge on any atom is -0.476 e. The Morgan fingerprint density at radius 1 is 1.50 bits per heavy atom. The van der Waals surface area contributed by atoms with Gasteiger partial charge in [-0.25, -0.2) is 14.6 Å². The summed E-state index contributed by atoms with van der Waals surface area (Å²) in [5, 5.41) is 19.8. The highest BCUT2D eigenvalue weighted by atomic mass is 32.1. The summed E-state index contributed by atoms with van der Waals surface area (Å²) in [4.78, 5) is 26.6. The first-order valence-electron chi connectivity index (χ1n) is 6.52. The van der Waals surface area contributed by atoms with Gasteiger partial charge in [0.05, 0.1) is 6.04 Å². The first-order valence-corrected chi connectivity index (χ1v) is 7.40. The summed E-state index contributed by atoms with van der Waals surface area (Å²) in [5.74, 6) is -1.06. The van der Waals surface area contributed by atoms with Crippen molar-refractivity contribution >= 4 is 23.3 Å². The lowest BCUT2D eigenvalue weighted by Gasteiger charge is -2.24.